The van der Waals surface area contributed by atoms with Crippen LogP contribution in [-0.2, 0) is 16.4 Å². The van der Waals surface area contributed by atoms with Crippen LogP contribution in [0.4, 0.5) is 4.39 Å². The fraction of sp³-hybridized carbons (Fsp3) is 0.143. The Bertz CT molecular complexity index is 1250. The van der Waals surface area contributed by atoms with Gasteiger partial charge in [-0.15, -0.1) is 0 Å². The van der Waals surface area contributed by atoms with Crippen LogP contribution in [0.25, 0.3) is 22.2 Å². The highest BCUT2D eigenvalue weighted by atomic mass is 32.2. The summed E-state index contributed by atoms with van der Waals surface area (Å²) in [4.78, 5) is 4.49. The monoisotopic (exact) mass is 411 g/mol. The van der Waals surface area contributed by atoms with Gasteiger partial charge in [0, 0.05) is 25.6 Å². The summed E-state index contributed by atoms with van der Waals surface area (Å²) in [5.41, 5.74) is 0.599. The van der Waals surface area contributed by atoms with Gasteiger partial charge in [-0.1, -0.05) is 35.5 Å². The van der Waals surface area contributed by atoms with E-state index in [1.807, 2.05) is 24.3 Å². The minimum atomic E-state index is -3.65. The average Bonchev–Trinajstić information content (AvgIpc) is 3.21. The van der Waals surface area contributed by atoms with E-state index in [0.29, 0.717) is 11.4 Å². The Labute approximate surface area is 167 Å². The van der Waals surface area contributed by atoms with E-state index in [9.17, 15) is 12.8 Å². The third-order valence-electron chi connectivity index (χ3n) is 4.64. The van der Waals surface area contributed by atoms with Gasteiger partial charge >= 0.3 is 0 Å². The number of fused-ring (bicyclic) bond motifs is 1. The minimum absolute atomic E-state index is 0.192. The summed E-state index contributed by atoms with van der Waals surface area (Å²) >= 11 is 0. The molecule has 0 spiro atoms. The molecule has 0 unspecified atom stereocenters. The van der Waals surface area contributed by atoms with Crippen molar-refractivity contribution in [3.8, 4) is 11.5 Å². The maximum Gasteiger partial charge on any atom is 0.257 e. The van der Waals surface area contributed by atoms with Gasteiger partial charge in [0.1, 0.15) is 5.82 Å². The van der Waals surface area contributed by atoms with E-state index in [2.05, 4.69) is 10.1 Å². The van der Waals surface area contributed by atoms with Gasteiger partial charge in [-0.25, -0.2) is 17.1 Å². The van der Waals surface area contributed by atoms with Crippen LogP contribution in [0.3, 0.4) is 0 Å². The Balaban J connectivity index is 1.47. The highest BCUT2D eigenvalue weighted by Crippen LogP contribution is 2.22. The first-order valence-corrected chi connectivity index (χ1v) is 10.4. The number of hydrogen-bond acceptors (Lipinski definition) is 5. The molecular weight excluding hydrogens is 393 g/mol. The summed E-state index contributed by atoms with van der Waals surface area (Å²) in [6, 6.07) is 18.4. The molecule has 0 bridgehead atoms. The molecule has 0 atom stereocenters. The van der Waals surface area contributed by atoms with Crippen molar-refractivity contribution >= 4 is 20.8 Å². The molecule has 0 radical (unpaired) electrons. The summed E-state index contributed by atoms with van der Waals surface area (Å²) in [7, 11) is -2.13. The quantitative estimate of drug-likeness (QED) is 0.481. The van der Waals surface area contributed by atoms with Crippen LogP contribution >= 0.6 is 0 Å². The Hall–Kier alpha value is -3.10. The Morgan fingerprint density at radius 2 is 1.72 bits per heavy atom. The van der Waals surface area contributed by atoms with Crippen molar-refractivity contribution in [2.24, 2.45) is 0 Å². The average molecular weight is 411 g/mol. The molecule has 0 fully saturated rings. The standard InChI is InChI=1S/C21H18FN3O3S/c1-25(29(26,27)19-11-8-15-4-2-3-5-17(15)14-19)13-12-20-23-21(28-24-20)16-6-9-18(22)10-7-16/h2-11,14H,12-13H2,1H3. The molecule has 0 amide bonds. The molecule has 4 rings (SSSR count). The van der Waals surface area contributed by atoms with Crippen molar-refractivity contribution in [1.29, 1.82) is 0 Å². The third kappa shape index (κ3) is 4.03. The normalized spacial score (nSPS) is 12.0. The van der Waals surface area contributed by atoms with Gasteiger partial charge in [-0.2, -0.15) is 4.98 Å². The number of aromatic nitrogens is 2. The highest BCUT2D eigenvalue weighted by molar-refractivity contribution is 7.89. The molecule has 3 aromatic carbocycles. The van der Waals surface area contributed by atoms with Gasteiger partial charge in [-0.05, 0) is 47.2 Å². The lowest BCUT2D eigenvalue weighted by atomic mass is 10.1. The van der Waals surface area contributed by atoms with E-state index in [1.54, 1.807) is 30.3 Å². The Morgan fingerprint density at radius 3 is 2.48 bits per heavy atom. The molecule has 4 aromatic rings. The molecule has 0 N–H and O–H groups in total. The van der Waals surface area contributed by atoms with Crippen LogP contribution < -0.4 is 0 Å². The molecule has 0 saturated carbocycles. The molecule has 1 heterocycles. The molecule has 8 heteroatoms. The Morgan fingerprint density at radius 1 is 1.00 bits per heavy atom. The lowest BCUT2D eigenvalue weighted by Crippen LogP contribution is -2.29. The van der Waals surface area contributed by atoms with Crippen LogP contribution in [0, 0.1) is 5.82 Å². The van der Waals surface area contributed by atoms with Crippen molar-refractivity contribution in [2.45, 2.75) is 11.3 Å². The summed E-state index contributed by atoms with van der Waals surface area (Å²) in [5, 5.41) is 5.73. The summed E-state index contributed by atoms with van der Waals surface area (Å²) < 4.78 is 45.2. The minimum Gasteiger partial charge on any atom is -0.334 e. The zero-order valence-electron chi connectivity index (χ0n) is 15.6. The number of benzene rings is 3. The molecule has 148 valence electrons. The largest absolute Gasteiger partial charge is 0.334 e. The van der Waals surface area contributed by atoms with Crippen LogP contribution in [0.5, 0.6) is 0 Å². The molecule has 6 nitrogen and oxygen atoms in total. The van der Waals surface area contributed by atoms with E-state index in [0.717, 1.165) is 10.8 Å². The third-order valence-corrected chi connectivity index (χ3v) is 6.49. The topological polar surface area (TPSA) is 76.3 Å². The first-order chi connectivity index (χ1) is 13.9. The van der Waals surface area contributed by atoms with Crippen LogP contribution in [-0.4, -0.2) is 36.5 Å². The first-order valence-electron chi connectivity index (χ1n) is 8.97. The van der Waals surface area contributed by atoms with Crippen molar-refractivity contribution < 1.29 is 17.3 Å². The molecule has 1 aromatic heterocycles. The van der Waals surface area contributed by atoms with Gasteiger partial charge in [0.05, 0.1) is 4.90 Å². The number of hydrogen-bond donors (Lipinski definition) is 0. The fourth-order valence-corrected chi connectivity index (χ4v) is 4.16. The van der Waals surface area contributed by atoms with E-state index >= 15 is 0 Å². The van der Waals surface area contributed by atoms with Crippen LogP contribution in [0.1, 0.15) is 5.82 Å². The highest BCUT2D eigenvalue weighted by Gasteiger charge is 2.21. The second-order valence-corrected chi connectivity index (χ2v) is 8.65. The number of likely N-dealkylation sites (N-methyl/N-ethyl adjacent to an activating group) is 1. The number of rotatable bonds is 6. The molecule has 0 aliphatic carbocycles. The van der Waals surface area contributed by atoms with Crippen molar-refractivity contribution in [1.82, 2.24) is 14.4 Å². The molecular formula is C21H18FN3O3S. The van der Waals surface area contributed by atoms with E-state index in [-0.39, 0.29) is 29.6 Å². The second kappa shape index (κ2) is 7.73. The smallest absolute Gasteiger partial charge is 0.257 e. The summed E-state index contributed by atoms with van der Waals surface area (Å²) in [6.07, 6.45) is 0.286. The van der Waals surface area contributed by atoms with Crippen molar-refractivity contribution in [3.05, 3.63) is 78.4 Å². The van der Waals surface area contributed by atoms with Gasteiger partial charge in [0.2, 0.25) is 10.0 Å². The maximum atomic E-state index is 13.0. The van der Waals surface area contributed by atoms with Gasteiger partial charge in [0.15, 0.2) is 5.82 Å². The lowest BCUT2D eigenvalue weighted by Gasteiger charge is -2.16. The van der Waals surface area contributed by atoms with E-state index in [4.69, 9.17) is 4.52 Å². The first kappa shape index (κ1) is 19.2. The lowest BCUT2D eigenvalue weighted by molar-refractivity contribution is 0.415. The fourth-order valence-electron chi connectivity index (χ4n) is 2.95. The number of halogens is 1. The van der Waals surface area contributed by atoms with Crippen LogP contribution in [0.2, 0.25) is 0 Å². The molecule has 0 saturated heterocycles. The van der Waals surface area contributed by atoms with Gasteiger partial charge in [-0.3, -0.25) is 0 Å². The van der Waals surface area contributed by atoms with Crippen molar-refractivity contribution in [3.63, 3.8) is 0 Å². The maximum absolute atomic E-state index is 13.0. The summed E-state index contributed by atoms with van der Waals surface area (Å²) in [5.74, 6) is 0.291. The van der Waals surface area contributed by atoms with E-state index in [1.165, 1.54) is 23.5 Å². The number of sulfonamides is 1. The molecule has 0 aliphatic heterocycles. The predicted octanol–water partition coefficient (Wildman–Crippen LogP) is 3.89. The SMILES string of the molecule is CN(CCc1noc(-c2ccc(F)cc2)n1)S(=O)(=O)c1ccc2ccccc2c1. The number of nitrogens with zero attached hydrogens (tertiary/aromatic N) is 3. The summed E-state index contributed by atoms with van der Waals surface area (Å²) in [6.45, 7) is 0.192. The van der Waals surface area contributed by atoms with E-state index < -0.39 is 10.0 Å². The predicted molar refractivity (Wildman–Crippen MR) is 107 cm³/mol. The van der Waals surface area contributed by atoms with Gasteiger partial charge < -0.3 is 4.52 Å². The second-order valence-electron chi connectivity index (χ2n) is 6.61. The Kier molecular flexibility index (Phi) is 5.12. The molecule has 29 heavy (non-hydrogen) atoms. The zero-order chi connectivity index (χ0) is 20.4. The molecule has 0 aliphatic rings. The van der Waals surface area contributed by atoms with Crippen molar-refractivity contribution in [2.75, 3.05) is 13.6 Å². The van der Waals surface area contributed by atoms with Gasteiger partial charge in [0.25, 0.3) is 5.89 Å². The van der Waals surface area contributed by atoms with Crippen LogP contribution in [0.15, 0.2) is 76.1 Å². The zero-order valence-corrected chi connectivity index (χ0v) is 16.4.